The Bertz CT molecular complexity index is 925. The normalized spacial score (nSPS) is 10.6. The second-order valence-electron chi connectivity index (χ2n) is 5.22. The number of halogens is 2. The predicted molar refractivity (Wildman–Crippen MR) is 95.2 cm³/mol. The number of benzene rings is 2. The van der Waals surface area contributed by atoms with Gasteiger partial charge in [0.1, 0.15) is 10.6 Å². The van der Waals surface area contributed by atoms with Gasteiger partial charge in [-0.05, 0) is 23.6 Å². The predicted octanol–water partition coefficient (Wildman–Crippen LogP) is 4.83. The van der Waals surface area contributed by atoms with Gasteiger partial charge < -0.3 is 10.1 Å². The molecule has 132 valence electrons. The van der Waals surface area contributed by atoms with Crippen molar-refractivity contribution < 1.29 is 23.1 Å². The number of hydrogen-bond acceptors (Lipinski definition) is 4. The zero-order chi connectivity index (χ0) is 18.5. The number of carbonyl (C=O) groups is 2. The van der Waals surface area contributed by atoms with Crippen molar-refractivity contribution in [2.45, 2.75) is 6.61 Å². The third-order valence-electron chi connectivity index (χ3n) is 3.47. The van der Waals surface area contributed by atoms with Crippen molar-refractivity contribution in [3.8, 4) is 5.75 Å². The van der Waals surface area contributed by atoms with Crippen LogP contribution in [-0.2, 0) is 0 Å². The number of carbonyl (C=O) groups excluding carboxylic acids is 2. The Labute approximate surface area is 152 Å². The summed E-state index contributed by atoms with van der Waals surface area (Å²) in [5.41, 5.74) is 1.32. The summed E-state index contributed by atoms with van der Waals surface area (Å²) in [4.78, 5) is 24.8. The van der Waals surface area contributed by atoms with Crippen LogP contribution >= 0.6 is 11.3 Å². The van der Waals surface area contributed by atoms with Crippen molar-refractivity contribution in [3.63, 3.8) is 0 Å². The fourth-order valence-electron chi connectivity index (χ4n) is 2.33. The number of nitrogens with one attached hydrogen (secondary N) is 1. The molecule has 26 heavy (non-hydrogen) atoms. The Morgan fingerprint density at radius 1 is 0.962 bits per heavy atom. The van der Waals surface area contributed by atoms with E-state index < -0.39 is 12.5 Å². The highest BCUT2D eigenvalue weighted by atomic mass is 32.1. The topological polar surface area (TPSA) is 55.4 Å². The molecule has 0 saturated carbocycles. The summed E-state index contributed by atoms with van der Waals surface area (Å²) in [5, 5.41) is 4.09. The van der Waals surface area contributed by atoms with E-state index in [4.69, 9.17) is 0 Å². The number of anilines is 1. The van der Waals surface area contributed by atoms with Crippen LogP contribution in [0.5, 0.6) is 5.75 Å². The van der Waals surface area contributed by atoms with E-state index in [1.807, 2.05) is 6.07 Å². The Balaban J connectivity index is 1.78. The van der Waals surface area contributed by atoms with E-state index in [0.717, 1.165) is 11.3 Å². The summed E-state index contributed by atoms with van der Waals surface area (Å²) in [5.74, 6) is -0.946. The molecule has 7 heteroatoms. The molecule has 3 aromatic rings. The number of ketones is 1. The second kappa shape index (κ2) is 7.88. The van der Waals surface area contributed by atoms with Crippen molar-refractivity contribution in [2.24, 2.45) is 0 Å². The Kier molecular flexibility index (Phi) is 5.38. The van der Waals surface area contributed by atoms with Gasteiger partial charge in [0.2, 0.25) is 0 Å². The van der Waals surface area contributed by atoms with Gasteiger partial charge in [0, 0.05) is 16.8 Å². The molecule has 0 aliphatic rings. The number of rotatable bonds is 6. The number of thiophene rings is 1. The average molecular weight is 373 g/mol. The van der Waals surface area contributed by atoms with Gasteiger partial charge in [-0.2, -0.15) is 8.78 Å². The maximum atomic E-state index is 12.5. The largest absolute Gasteiger partial charge is 0.433 e. The van der Waals surface area contributed by atoms with Crippen LogP contribution in [0.25, 0.3) is 0 Å². The molecule has 0 spiro atoms. The van der Waals surface area contributed by atoms with Gasteiger partial charge in [0.05, 0.1) is 0 Å². The fraction of sp³-hybridized carbons (Fsp3) is 0.0526. The Hall–Kier alpha value is -3.06. The molecule has 1 aromatic heterocycles. The van der Waals surface area contributed by atoms with Gasteiger partial charge >= 0.3 is 6.61 Å². The van der Waals surface area contributed by atoms with Gasteiger partial charge in [0.25, 0.3) is 5.91 Å². The van der Waals surface area contributed by atoms with Crippen LogP contribution in [0.2, 0.25) is 0 Å². The lowest BCUT2D eigenvalue weighted by Gasteiger charge is -2.08. The molecule has 0 fully saturated rings. The number of amides is 1. The lowest BCUT2D eigenvalue weighted by atomic mass is 10.0. The fourth-order valence-corrected chi connectivity index (χ4v) is 3.05. The smallest absolute Gasteiger partial charge is 0.387 e. The molecule has 0 saturated heterocycles. The lowest BCUT2D eigenvalue weighted by molar-refractivity contribution is -0.0498. The molecular formula is C19H13F2NO3S. The minimum atomic E-state index is -3.01. The standard InChI is InChI=1S/C19H13F2NO3S/c20-19(21)25-15-9-10-26-17(15)18(24)22-14-8-4-7-13(11-14)16(23)12-5-2-1-3-6-12/h1-11,19H,(H,22,24). The molecule has 0 atom stereocenters. The van der Waals surface area contributed by atoms with Crippen molar-refractivity contribution in [1.29, 1.82) is 0 Å². The van der Waals surface area contributed by atoms with Crippen LogP contribution in [0, 0.1) is 0 Å². The monoisotopic (exact) mass is 373 g/mol. The van der Waals surface area contributed by atoms with Crippen LogP contribution in [0.3, 0.4) is 0 Å². The summed E-state index contributed by atoms with van der Waals surface area (Å²) < 4.78 is 29.1. The van der Waals surface area contributed by atoms with Gasteiger partial charge in [-0.25, -0.2) is 0 Å². The molecule has 0 bridgehead atoms. The van der Waals surface area contributed by atoms with Crippen LogP contribution in [-0.4, -0.2) is 18.3 Å². The second-order valence-corrected chi connectivity index (χ2v) is 6.14. The van der Waals surface area contributed by atoms with Crippen molar-refractivity contribution >= 4 is 28.7 Å². The van der Waals surface area contributed by atoms with Crippen LogP contribution in [0.4, 0.5) is 14.5 Å². The van der Waals surface area contributed by atoms with Crippen LogP contribution < -0.4 is 10.1 Å². The van der Waals surface area contributed by atoms with Crippen molar-refractivity contribution in [2.75, 3.05) is 5.32 Å². The van der Waals surface area contributed by atoms with E-state index in [2.05, 4.69) is 10.1 Å². The first kappa shape index (κ1) is 17.8. The highest BCUT2D eigenvalue weighted by molar-refractivity contribution is 7.12. The van der Waals surface area contributed by atoms with Gasteiger partial charge in [-0.3, -0.25) is 9.59 Å². The highest BCUT2D eigenvalue weighted by Gasteiger charge is 2.18. The van der Waals surface area contributed by atoms with E-state index >= 15 is 0 Å². The number of alkyl halides is 2. The Morgan fingerprint density at radius 3 is 2.42 bits per heavy atom. The van der Waals surface area contributed by atoms with E-state index in [0.29, 0.717) is 16.8 Å². The third kappa shape index (κ3) is 4.12. The molecular weight excluding hydrogens is 360 g/mol. The third-order valence-corrected chi connectivity index (χ3v) is 4.36. The summed E-state index contributed by atoms with van der Waals surface area (Å²) >= 11 is 0.989. The SMILES string of the molecule is O=C(c1ccccc1)c1cccc(NC(=O)c2sccc2OC(F)F)c1. The van der Waals surface area contributed by atoms with E-state index in [1.54, 1.807) is 42.5 Å². The summed E-state index contributed by atoms with van der Waals surface area (Å²) in [7, 11) is 0. The van der Waals surface area contributed by atoms with Gasteiger partial charge in [-0.15, -0.1) is 11.3 Å². The minimum Gasteiger partial charge on any atom is -0.433 e. The molecule has 0 unspecified atom stereocenters. The Morgan fingerprint density at radius 2 is 1.69 bits per heavy atom. The molecule has 3 rings (SSSR count). The molecule has 0 aliphatic carbocycles. The molecule has 2 aromatic carbocycles. The lowest BCUT2D eigenvalue weighted by Crippen LogP contribution is -2.13. The quantitative estimate of drug-likeness (QED) is 0.630. The van der Waals surface area contributed by atoms with E-state index in [-0.39, 0.29) is 16.4 Å². The van der Waals surface area contributed by atoms with E-state index in [1.165, 1.54) is 17.5 Å². The molecule has 0 aliphatic heterocycles. The minimum absolute atomic E-state index is 0.0325. The molecule has 0 radical (unpaired) electrons. The molecule has 1 heterocycles. The summed E-state index contributed by atoms with van der Waals surface area (Å²) in [6, 6.07) is 16.5. The van der Waals surface area contributed by atoms with Gasteiger partial charge in [0.15, 0.2) is 5.78 Å². The van der Waals surface area contributed by atoms with Crippen molar-refractivity contribution in [3.05, 3.63) is 82.0 Å². The first-order valence-corrected chi connectivity index (χ1v) is 8.46. The molecule has 1 amide bonds. The maximum Gasteiger partial charge on any atom is 0.387 e. The molecule has 4 nitrogen and oxygen atoms in total. The summed E-state index contributed by atoms with van der Waals surface area (Å²) in [6.45, 7) is -3.01. The van der Waals surface area contributed by atoms with Gasteiger partial charge in [-0.1, -0.05) is 42.5 Å². The van der Waals surface area contributed by atoms with Crippen molar-refractivity contribution in [1.82, 2.24) is 0 Å². The number of hydrogen-bond donors (Lipinski definition) is 1. The first-order chi connectivity index (χ1) is 12.5. The molecule has 1 N–H and O–H groups in total. The highest BCUT2D eigenvalue weighted by Crippen LogP contribution is 2.27. The maximum absolute atomic E-state index is 12.5. The van der Waals surface area contributed by atoms with E-state index in [9.17, 15) is 18.4 Å². The first-order valence-electron chi connectivity index (χ1n) is 7.58. The van der Waals surface area contributed by atoms with Crippen LogP contribution in [0.15, 0.2) is 66.0 Å². The van der Waals surface area contributed by atoms with Crippen LogP contribution in [0.1, 0.15) is 25.6 Å². The zero-order valence-electron chi connectivity index (χ0n) is 13.3. The number of ether oxygens (including phenoxy) is 1. The zero-order valence-corrected chi connectivity index (χ0v) is 14.1. The average Bonchev–Trinajstić information content (AvgIpc) is 3.09. The summed E-state index contributed by atoms with van der Waals surface area (Å²) in [6.07, 6.45) is 0.